The van der Waals surface area contributed by atoms with Crippen molar-refractivity contribution in [2.75, 3.05) is 36.6 Å². The molecule has 10 heteroatoms. The average Bonchev–Trinajstić information content (AvgIpc) is 3.15. The van der Waals surface area contributed by atoms with E-state index in [0.717, 1.165) is 11.5 Å². The largest absolute Gasteiger partial charge is 0.493 e. The van der Waals surface area contributed by atoms with Crippen molar-refractivity contribution < 1.29 is 4.74 Å². The van der Waals surface area contributed by atoms with Crippen LogP contribution in [0.3, 0.4) is 0 Å². The summed E-state index contributed by atoms with van der Waals surface area (Å²) in [5, 5.41) is 11.0. The van der Waals surface area contributed by atoms with E-state index in [2.05, 4.69) is 35.7 Å². The van der Waals surface area contributed by atoms with Crippen LogP contribution in [0.15, 0.2) is 41.8 Å². The van der Waals surface area contributed by atoms with Crippen molar-refractivity contribution in [1.82, 2.24) is 29.7 Å². The van der Waals surface area contributed by atoms with Crippen molar-refractivity contribution >= 4 is 23.7 Å². The SMILES string of the molecule is CCNc1nc(NC)nc(-n2cnc(SCCOc3ccccc3)n2)n1. The molecule has 2 heterocycles. The third-order valence-electron chi connectivity index (χ3n) is 3.18. The molecule has 0 saturated carbocycles. The Hall–Kier alpha value is -2.88. The minimum Gasteiger partial charge on any atom is -0.493 e. The van der Waals surface area contributed by atoms with Gasteiger partial charge in [-0.1, -0.05) is 30.0 Å². The minimum atomic E-state index is 0.403. The van der Waals surface area contributed by atoms with Gasteiger partial charge in [-0.15, -0.1) is 5.10 Å². The summed E-state index contributed by atoms with van der Waals surface area (Å²) in [6.07, 6.45) is 1.59. The highest BCUT2D eigenvalue weighted by Crippen LogP contribution is 2.15. The molecule has 0 spiro atoms. The Bertz CT molecular complexity index is 826. The summed E-state index contributed by atoms with van der Waals surface area (Å²) in [6.45, 7) is 3.26. The summed E-state index contributed by atoms with van der Waals surface area (Å²) >= 11 is 1.51. The molecule has 136 valence electrons. The van der Waals surface area contributed by atoms with Crippen LogP contribution < -0.4 is 15.4 Å². The van der Waals surface area contributed by atoms with E-state index in [1.807, 2.05) is 37.3 Å². The number of hydrogen-bond acceptors (Lipinski definition) is 9. The van der Waals surface area contributed by atoms with Crippen molar-refractivity contribution in [3.05, 3.63) is 36.7 Å². The van der Waals surface area contributed by atoms with Crippen LogP contribution in [0.5, 0.6) is 5.75 Å². The van der Waals surface area contributed by atoms with Crippen LogP contribution in [0.1, 0.15) is 6.92 Å². The summed E-state index contributed by atoms with van der Waals surface area (Å²) in [6, 6.07) is 9.71. The molecule has 3 aromatic rings. The molecule has 1 aromatic carbocycles. The predicted molar refractivity (Wildman–Crippen MR) is 101 cm³/mol. The van der Waals surface area contributed by atoms with E-state index in [1.165, 1.54) is 16.4 Å². The Morgan fingerprint density at radius 3 is 2.69 bits per heavy atom. The van der Waals surface area contributed by atoms with Crippen molar-refractivity contribution in [3.8, 4) is 11.7 Å². The standard InChI is InChI=1S/C16H20N8OS/c1-3-18-14-20-13(17-2)21-15(22-14)24-11-19-16(23-24)26-10-9-25-12-7-5-4-6-8-12/h4-8,11H,3,9-10H2,1-2H3,(H2,17,18,20,21,22). The number of rotatable bonds is 9. The molecule has 0 amide bonds. The molecule has 0 bridgehead atoms. The molecule has 0 radical (unpaired) electrons. The zero-order valence-corrected chi connectivity index (χ0v) is 15.4. The van der Waals surface area contributed by atoms with Crippen LogP contribution in [0.2, 0.25) is 0 Å². The van der Waals surface area contributed by atoms with Gasteiger partial charge >= 0.3 is 0 Å². The summed E-state index contributed by atoms with van der Waals surface area (Å²) in [7, 11) is 1.75. The van der Waals surface area contributed by atoms with Gasteiger partial charge in [0, 0.05) is 19.3 Å². The van der Waals surface area contributed by atoms with Crippen molar-refractivity contribution in [1.29, 1.82) is 0 Å². The Morgan fingerprint density at radius 1 is 1.12 bits per heavy atom. The second-order valence-electron chi connectivity index (χ2n) is 5.04. The Labute approximate surface area is 155 Å². The van der Waals surface area contributed by atoms with Crippen LogP contribution in [0, 0.1) is 0 Å². The zero-order chi connectivity index (χ0) is 18.2. The summed E-state index contributed by atoms with van der Waals surface area (Å²) in [5.74, 6) is 2.95. The quantitative estimate of drug-likeness (QED) is 0.432. The lowest BCUT2D eigenvalue weighted by Gasteiger charge is -2.06. The van der Waals surface area contributed by atoms with E-state index in [-0.39, 0.29) is 0 Å². The Kier molecular flexibility index (Phi) is 6.20. The number of nitrogens with one attached hydrogen (secondary N) is 2. The maximum atomic E-state index is 5.66. The van der Waals surface area contributed by atoms with Gasteiger partial charge in [-0.2, -0.15) is 19.6 Å². The highest BCUT2D eigenvalue weighted by atomic mass is 32.2. The fourth-order valence-corrected chi connectivity index (χ4v) is 2.65. The highest BCUT2D eigenvalue weighted by molar-refractivity contribution is 7.99. The summed E-state index contributed by atoms with van der Waals surface area (Å²) in [4.78, 5) is 17.2. The van der Waals surface area contributed by atoms with Gasteiger partial charge in [0.25, 0.3) is 5.95 Å². The van der Waals surface area contributed by atoms with E-state index in [4.69, 9.17) is 4.74 Å². The fourth-order valence-electron chi connectivity index (χ4n) is 2.04. The normalized spacial score (nSPS) is 10.5. The lowest BCUT2D eigenvalue weighted by atomic mass is 10.3. The van der Waals surface area contributed by atoms with Gasteiger partial charge < -0.3 is 15.4 Å². The predicted octanol–water partition coefficient (Wildman–Crippen LogP) is 2.10. The van der Waals surface area contributed by atoms with Crippen LogP contribution in [0.25, 0.3) is 5.95 Å². The van der Waals surface area contributed by atoms with Crippen LogP contribution in [-0.4, -0.2) is 55.7 Å². The smallest absolute Gasteiger partial charge is 0.258 e. The molecule has 26 heavy (non-hydrogen) atoms. The van der Waals surface area contributed by atoms with E-state index in [1.54, 1.807) is 13.4 Å². The van der Waals surface area contributed by atoms with Crippen molar-refractivity contribution in [2.45, 2.75) is 12.1 Å². The fraction of sp³-hybridized carbons (Fsp3) is 0.312. The number of aromatic nitrogens is 6. The topological polar surface area (TPSA) is 103 Å². The van der Waals surface area contributed by atoms with Gasteiger partial charge in [0.1, 0.15) is 12.1 Å². The van der Waals surface area contributed by atoms with Gasteiger partial charge in [0.05, 0.1) is 6.61 Å². The molecular weight excluding hydrogens is 352 g/mol. The molecule has 9 nitrogen and oxygen atoms in total. The van der Waals surface area contributed by atoms with E-state index >= 15 is 0 Å². The number of hydrogen-bond donors (Lipinski definition) is 2. The van der Waals surface area contributed by atoms with Gasteiger partial charge in [-0.25, -0.2) is 4.98 Å². The van der Waals surface area contributed by atoms with E-state index < -0.39 is 0 Å². The maximum Gasteiger partial charge on any atom is 0.258 e. The third-order valence-corrected chi connectivity index (χ3v) is 4.00. The van der Waals surface area contributed by atoms with E-state index in [0.29, 0.717) is 36.2 Å². The first-order chi connectivity index (χ1) is 12.8. The third kappa shape index (κ3) is 4.82. The highest BCUT2D eigenvalue weighted by Gasteiger charge is 2.10. The first kappa shape index (κ1) is 17.9. The molecule has 0 aliphatic heterocycles. The minimum absolute atomic E-state index is 0.403. The maximum absolute atomic E-state index is 5.66. The second kappa shape index (κ2) is 8.99. The van der Waals surface area contributed by atoms with Crippen molar-refractivity contribution in [2.24, 2.45) is 0 Å². The van der Waals surface area contributed by atoms with E-state index in [9.17, 15) is 0 Å². The lowest BCUT2D eigenvalue weighted by Crippen LogP contribution is -2.11. The Morgan fingerprint density at radius 2 is 1.92 bits per heavy atom. The molecule has 0 unspecified atom stereocenters. The van der Waals surface area contributed by atoms with Gasteiger partial charge in [-0.3, -0.25) is 0 Å². The molecule has 3 rings (SSSR count). The average molecular weight is 372 g/mol. The molecule has 0 atom stereocenters. The number of thioether (sulfide) groups is 1. The molecule has 0 saturated heterocycles. The van der Waals surface area contributed by atoms with Crippen LogP contribution >= 0.6 is 11.8 Å². The number of nitrogens with zero attached hydrogens (tertiary/aromatic N) is 6. The number of ether oxygens (including phenoxy) is 1. The summed E-state index contributed by atoms with van der Waals surface area (Å²) < 4.78 is 7.19. The number of anilines is 2. The molecule has 2 aromatic heterocycles. The first-order valence-electron chi connectivity index (χ1n) is 8.19. The zero-order valence-electron chi connectivity index (χ0n) is 14.6. The van der Waals surface area contributed by atoms with Crippen LogP contribution in [0.4, 0.5) is 11.9 Å². The molecule has 0 fully saturated rings. The summed E-state index contributed by atoms with van der Waals surface area (Å²) in [5.41, 5.74) is 0. The molecule has 0 aliphatic carbocycles. The lowest BCUT2D eigenvalue weighted by molar-refractivity contribution is 0.344. The molecule has 0 aliphatic rings. The van der Waals surface area contributed by atoms with Gasteiger partial charge in [0.15, 0.2) is 0 Å². The number of para-hydroxylation sites is 1. The Balaban J connectivity index is 1.59. The van der Waals surface area contributed by atoms with Gasteiger partial charge in [0.2, 0.25) is 17.1 Å². The van der Waals surface area contributed by atoms with Gasteiger partial charge in [-0.05, 0) is 19.1 Å². The molecular formula is C16H20N8OS. The molecule has 2 N–H and O–H groups in total. The second-order valence-corrected chi connectivity index (χ2v) is 6.11. The van der Waals surface area contributed by atoms with Crippen molar-refractivity contribution in [3.63, 3.8) is 0 Å². The first-order valence-corrected chi connectivity index (χ1v) is 9.17. The number of benzene rings is 1. The monoisotopic (exact) mass is 372 g/mol. The van der Waals surface area contributed by atoms with Crippen LogP contribution in [-0.2, 0) is 0 Å².